The van der Waals surface area contributed by atoms with E-state index in [4.69, 9.17) is 5.73 Å². The van der Waals surface area contributed by atoms with Gasteiger partial charge in [0.25, 0.3) is 0 Å². The van der Waals surface area contributed by atoms with Crippen molar-refractivity contribution in [2.45, 2.75) is 12.7 Å². The standard InChI is InChI=1S/C8H10F3N3/c1-13-7-5(3-12)2-6(4-14-7)8(9,10)11/h2,4H,3,12H2,1H3,(H,13,14). The van der Waals surface area contributed by atoms with Crippen LogP contribution in [0, 0.1) is 0 Å². The van der Waals surface area contributed by atoms with Gasteiger partial charge in [0.15, 0.2) is 0 Å². The minimum Gasteiger partial charge on any atom is -0.373 e. The van der Waals surface area contributed by atoms with E-state index in [1.165, 1.54) is 0 Å². The number of aromatic nitrogens is 1. The van der Waals surface area contributed by atoms with E-state index in [2.05, 4.69) is 10.3 Å². The second-order valence-electron chi connectivity index (χ2n) is 2.68. The highest BCUT2D eigenvalue weighted by molar-refractivity contribution is 5.45. The van der Waals surface area contributed by atoms with Crippen LogP contribution in [-0.4, -0.2) is 12.0 Å². The molecule has 0 radical (unpaired) electrons. The average Bonchev–Trinajstić information content (AvgIpc) is 2.15. The maximum Gasteiger partial charge on any atom is 0.417 e. The van der Waals surface area contributed by atoms with Gasteiger partial charge in [-0.15, -0.1) is 0 Å². The molecule has 0 aliphatic heterocycles. The Kier molecular flexibility index (Phi) is 2.95. The molecule has 1 aromatic rings. The van der Waals surface area contributed by atoms with Crippen LogP contribution >= 0.6 is 0 Å². The van der Waals surface area contributed by atoms with Crippen molar-refractivity contribution in [2.75, 3.05) is 12.4 Å². The number of anilines is 1. The molecule has 6 heteroatoms. The molecule has 3 nitrogen and oxygen atoms in total. The highest BCUT2D eigenvalue weighted by Gasteiger charge is 2.31. The summed E-state index contributed by atoms with van der Waals surface area (Å²) in [6.45, 7) is 0.0209. The summed E-state index contributed by atoms with van der Waals surface area (Å²) >= 11 is 0. The summed E-state index contributed by atoms with van der Waals surface area (Å²) in [5, 5.41) is 2.67. The summed E-state index contributed by atoms with van der Waals surface area (Å²) < 4.78 is 36.7. The van der Waals surface area contributed by atoms with Gasteiger partial charge in [-0.1, -0.05) is 0 Å². The lowest BCUT2D eigenvalue weighted by molar-refractivity contribution is -0.137. The Bertz CT molecular complexity index is 322. The van der Waals surface area contributed by atoms with Crippen LogP contribution in [0.5, 0.6) is 0 Å². The minimum atomic E-state index is -4.37. The van der Waals surface area contributed by atoms with Crippen LogP contribution in [0.25, 0.3) is 0 Å². The Morgan fingerprint density at radius 2 is 2.14 bits per heavy atom. The van der Waals surface area contributed by atoms with Crippen LogP contribution in [0.1, 0.15) is 11.1 Å². The Morgan fingerprint density at radius 1 is 1.50 bits per heavy atom. The van der Waals surface area contributed by atoms with Gasteiger partial charge in [0.2, 0.25) is 0 Å². The second kappa shape index (κ2) is 3.83. The fourth-order valence-electron chi connectivity index (χ4n) is 1.05. The summed E-state index contributed by atoms with van der Waals surface area (Å²) in [4.78, 5) is 3.62. The normalized spacial score (nSPS) is 11.5. The van der Waals surface area contributed by atoms with Gasteiger partial charge in [-0.2, -0.15) is 13.2 Å². The Labute approximate surface area is 79.1 Å². The van der Waals surface area contributed by atoms with E-state index in [9.17, 15) is 13.2 Å². The van der Waals surface area contributed by atoms with Crippen molar-refractivity contribution in [1.29, 1.82) is 0 Å². The number of nitrogens with two attached hydrogens (primary N) is 1. The summed E-state index contributed by atoms with van der Waals surface area (Å²) in [6.07, 6.45) is -3.59. The molecule has 0 aliphatic carbocycles. The van der Waals surface area contributed by atoms with E-state index < -0.39 is 11.7 Å². The predicted molar refractivity (Wildman–Crippen MR) is 46.7 cm³/mol. The summed E-state index contributed by atoms with van der Waals surface area (Å²) in [5.41, 5.74) is 4.86. The Morgan fingerprint density at radius 3 is 2.57 bits per heavy atom. The number of nitrogens with one attached hydrogen (secondary N) is 1. The zero-order valence-electron chi connectivity index (χ0n) is 7.52. The van der Waals surface area contributed by atoms with Crippen LogP contribution in [-0.2, 0) is 12.7 Å². The molecule has 0 fully saturated rings. The van der Waals surface area contributed by atoms with Crippen molar-refractivity contribution < 1.29 is 13.2 Å². The SMILES string of the molecule is CNc1ncc(C(F)(F)F)cc1CN. The molecule has 78 valence electrons. The smallest absolute Gasteiger partial charge is 0.373 e. The number of alkyl halides is 3. The largest absolute Gasteiger partial charge is 0.417 e. The lowest BCUT2D eigenvalue weighted by Crippen LogP contribution is -2.10. The first-order chi connectivity index (χ1) is 6.49. The van der Waals surface area contributed by atoms with Gasteiger partial charge < -0.3 is 11.1 Å². The minimum absolute atomic E-state index is 0.0209. The van der Waals surface area contributed by atoms with Crippen LogP contribution in [0.3, 0.4) is 0 Å². The molecule has 0 atom stereocenters. The summed E-state index contributed by atoms with van der Waals surface area (Å²) in [6, 6.07) is 0.999. The number of pyridine rings is 1. The first-order valence-corrected chi connectivity index (χ1v) is 3.93. The number of hydrogen-bond donors (Lipinski definition) is 2. The van der Waals surface area contributed by atoms with Crippen LogP contribution in [0.4, 0.5) is 19.0 Å². The second-order valence-corrected chi connectivity index (χ2v) is 2.68. The Balaban J connectivity index is 3.14. The number of halogens is 3. The van der Waals surface area contributed by atoms with Gasteiger partial charge >= 0.3 is 6.18 Å². The van der Waals surface area contributed by atoms with E-state index in [0.717, 1.165) is 12.3 Å². The molecule has 1 heterocycles. The summed E-state index contributed by atoms with van der Waals surface area (Å²) in [7, 11) is 1.58. The van der Waals surface area contributed by atoms with E-state index in [1.807, 2.05) is 0 Å². The van der Waals surface area contributed by atoms with Crippen LogP contribution in [0.2, 0.25) is 0 Å². The molecule has 3 N–H and O–H groups in total. The highest BCUT2D eigenvalue weighted by Crippen LogP contribution is 2.30. The number of rotatable bonds is 2. The third kappa shape index (κ3) is 2.14. The number of hydrogen-bond acceptors (Lipinski definition) is 3. The number of nitrogens with zero attached hydrogens (tertiary/aromatic N) is 1. The van der Waals surface area contributed by atoms with E-state index >= 15 is 0 Å². The molecule has 0 aromatic carbocycles. The van der Waals surface area contributed by atoms with Gasteiger partial charge in [0, 0.05) is 25.4 Å². The van der Waals surface area contributed by atoms with Crippen LogP contribution in [0.15, 0.2) is 12.3 Å². The van der Waals surface area contributed by atoms with Crippen molar-refractivity contribution >= 4 is 5.82 Å². The monoisotopic (exact) mass is 205 g/mol. The zero-order valence-corrected chi connectivity index (χ0v) is 7.52. The van der Waals surface area contributed by atoms with Crippen LogP contribution < -0.4 is 11.1 Å². The average molecular weight is 205 g/mol. The molecule has 1 aromatic heterocycles. The first-order valence-electron chi connectivity index (χ1n) is 3.93. The van der Waals surface area contributed by atoms with Crippen molar-refractivity contribution in [2.24, 2.45) is 5.73 Å². The van der Waals surface area contributed by atoms with Crippen molar-refractivity contribution in [3.8, 4) is 0 Å². The van der Waals surface area contributed by atoms with Gasteiger partial charge in [-0.25, -0.2) is 4.98 Å². The molecule has 0 aliphatic rings. The van der Waals surface area contributed by atoms with Gasteiger partial charge in [0.05, 0.1) is 5.56 Å². The molecule has 1 rings (SSSR count). The van der Waals surface area contributed by atoms with Gasteiger partial charge in [0.1, 0.15) is 5.82 Å². The van der Waals surface area contributed by atoms with Crippen molar-refractivity contribution in [3.63, 3.8) is 0 Å². The molecular weight excluding hydrogens is 195 g/mol. The van der Waals surface area contributed by atoms with Crippen molar-refractivity contribution in [1.82, 2.24) is 4.98 Å². The van der Waals surface area contributed by atoms with E-state index in [1.54, 1.807) is 7.05 Å². The molecule has 0 saturated carbocycles. The molecule has 14 heavy (non-hydrogen) atoms. The predicted octanol–water partition coefficient (Wildman–Crippen LogP) is 1.60. The van der Waals surface area contributed by atoms with Gasteiger partial charge in [-0.05, 0) is 6.07 Å². The van der Waals surface area contributed by atoms with Crippen molar-refractivity contribution in [3.05, 3.63) is 23.4 Å². The molecule has 0 amide bonds. The molecular formula is C8H10F3N3. The maximum atomic E-state index is 12.2. The van der Waals surface area contributed by atoms with Gasteiger partial charge in [-0.3, -0.25) is 0 Å². The van der Waals surface area contributed by atoms with E-state index in [-0.39, 0.29) is 6.54 Å². The fourth-order valence-corrected chi connectivity index (χ4v) is 1.05. The quantitative estimate of drug-likeness (QED) is 0.771. The Hall–Kier alpha value is -1.30. The molecule has 0 spiro atoms. The molecule has 0 unspecified atom stereocenters. The highest BCUT2D eigenvalue weighted by atomic mass is 19.4. The third-order valence-corrected chi connectivity index (χ3v) is 1.75. The molecule has 0 saturated heterocycles. The lowest BCUT2D eigenvalue weighted by Gasteiger charge is -2.10. The lowest BCUT2D eigenvalue weighted by atomic mass is 10.2. The third-order valence-electron chi connectivity index (χ3n) is 1.75. The first kappa shape index (κ1) is 10.8. The molecule has 0 bridgehead atoms. The maximum absolute atomic E-state index is 12.2. The summed E-state index contributed by atoms with van der Waals surface area (Å²) in [5.74, 6) is 0.375. The van der Waals surface area contributed by atoms with E-state index in [0.29, 0.717) is 11.4 Å². The topological polar surface area (TPSA) is 50.9 Å². The zero-order chi connectivity index (χ0) is 10.8. The fraction of sp³-hybridized carbons (Fsp3) is 0.375.